The average molecular weight is 245 g/mol. The summed E-state index contributed by atoms with van der Waals surface area (Å²) in [5, 5.41) is 7.45. The molecule has 2 aromatic heterocycles. The molecule has 1 aliphatic carbocycles. The molecule has 0 radical (unpaired) electrons. The van der Waals surface area contributed by atoms with Crippen molar-refractivity contribution in [2.45, 2.75) is 26.8 Å². The summed E-state index contributed by atoms with van der Waals surface area (Å²) < 4.78 is 6.79. The maximum atomic E-state index is 5.74. The van der Waals surface area contributed by atoms with Crippen LogP contribution in [0.15, 0.2) is 10.7 Å². The van der Waals surface area contributed by atoms with Crippen molar-refractivity contribution in [3.8, 4) is 11.5 Å². The molecular weight excluding hydrogens is 230 g/mol. The van der Waals surface area contributed by atoms with Gasteiger partial charge in [0.25, 0.3) is 0 Å². The second-order valence-electron chi connectivity index (χ2n) is 4.55. The summed E-state index contributed by atoms with van der Waals surface area (Å²) in [5.74, 6) is 1.55. The first kappa shape index (κ1) is 11.0. The Hall–Kier alpha value is -2.11. The van der Waals surface area contributed by atoms with Gasteiger partial charge in [-0.25, -0.2) is 9.61 Å². The van der Waals surface area contributed by atoms with Crippen molar-refractivity contribution in [3.63, 3.8) is 0 Å². The highest BCUT2D eigenvalue weighted by atomic mass is 16.6. The lowest BCUT2D eigenvalue weighted by Gasteiger charge is -2.14. The zero-order valence-corrected chi connectivity index (χ0v) is 10.4. The topological polar surface area (TPSA) is 82.8 Å². The van der Waals surface area contributed by atoms with E-state index in [-0.39, 0.29) is 5.82 Å². The lowest BCUT2D eigenvalue weighted by molar-refractivity contribution is 0.310. The number of allylic oxidation sites excluding steroid dienone is 1. The molecule has 0 aliphatic heterocycles. The van der Waals surface area contributed by atoms with Crippen LogP contribution < -0.4 is 5.73 Å². The first-order chi connectivity index (χ1) is 8.70. The molecule has 0 fully saturated rings. The molecule has 3 rings (SSSR count). The van der Waals surface area contributed by atoms with E-state index in [1.165, 1.54) is 5.69 Å². The van der Waals surface area contributed by atoms with E-state index in [0.29, 0.717) is 11.6 Å². The lowest BCUT2D eigenvalue weighted by atomic mass is 9.98. The molecule has 0 spiro atoms. The quantitative estimate of drug-likeness (QED) is 0.871. The Balaban J connectivity index is 2.18. The molecule has 0 amide bonds. The average Bonchev–Trinajstić information content (AvgIpc) is 2.91. The Morgan fingerprint density at radius 1 is 1.50 bits per heavy atom. The first-order valence-electron chi connectivity index (χ1n) is 6.06. The largest absolute Gasteiger partial charge is 0.379 e. The third-order valence-electron chi connectivity index (χ3n) is 3.24. The highest BCUT2D eigenvalue weighted by Crippen LogP contribution is 2.29. The van der Waals surface area contributed by atoms with Crippen LogP contribution >= 0.6 is 0 Å². The zero-order valence-electron chi connectivity index (χ0n) is 10.4. The van der Waals surface area contributed by atoms with Gasteiger partial charge in [-0.15, -0.1) is 0 Å². The van der Waals surface area contributed by atoms with E-state index in [0.717, 1.165) is 24.5 Å². The summed E-state index contributed by atoms with van der Waals surface area (Å²) in [5.41, 5.74) is 8.48. The zero-order chi connectivity index (χ0) is 12.7. The predicted molar refractivity (Wildman–Crippen MR) is 67.5 cm³/mol. The summed E-state index contributed by atoms with van der Waals surface area (Å²) in [4.78, 5) is 4.59. The molecular formula is C12H15N5O. The van der Waals surface area contributed by atoms with Crippen LogP contribution in [0.5, 0.6) is 0 Å². The van der Waals surface area contributed by atoms with Gasteiger partial charge in [0, 0.05) is 12.2 Å². The number of anilines is 1. The van der Waals surface area contributed by atoms with Crippen molar-refractivity contribution >= 4 is 11.9 Å². The number of rotatable bonds is 2. The summed E-state index contributed by atoms with van der Waals surface area (Å²) in [6.07, 6.45) is 5.21. The van der Waals surface area contributed by atoms with Crippen LogP contribution in [0.3, 0.4) is 0 Å². The Bertz CT molecular complexity index is 610. The molecule has 1 unspecified atom stereocenters. The molecule has 2 heterocycles. The fraction of sp³-hybridized carbons (Fsp3) is 0.417. The monoisotopic (exact) mass is 245 g/mol. The van der Waals surface area contributed by atoms with E-state index in [1.54, 1.807) is 0 Å². The van der Waals surface area contributed by atoms with Gasteiger partial charge in [0.1, 0.15) is 0 Å². The van der Waals surface area contributed by atoms with Gasteiger partial charge in [-0.2, -0.15) is 0 Å². The normalized spacial score (nSPS) is 18.0. The van der Waals surface area contributed by atoms with Crippen LogP contribution in [0.25, 0.3) is 17.6 Å². The molecule has 0 bridgehead atoms. The van der Waals surface area contributed by atoms with Crippen LogP contribution in [-0.2, 0) is 13.0 Å². The van der Waals surface area contributed by atoms with Crippen LogP contribution in [0.4, 0.5) is 5.82 Å². The van der Waals surface area contributed by atoms with Crippen LogP contribution in [0.1, 0.15) is 25.2 Å². The second-order valence-corrected chi connectivity index (χ2v) is 4.55. The molecule has 0 saturated carbocycles. The van der Waals surface area contributed by atoms with Gasteiger partial charge in [0.05, 0.1) is 5.69 Å². The Morgan fingerprint density at radius 3 is 3.00 bits per heavy atom. The van der Waals surface area contributed by atoms with E-state index in [1.807, 2.05) is 0 Å². The third kappa shape index (κ3) is 1.53. The van der Waals surface area contributed by atoms with Gasteiger partial charge in [0.2, 0.25) is 0 Å². The maximum Gasteiger partial charge on any atom is 0.199 e. The highest BCUT2D eigenvalue weighted by molar-refractivity contribution is 5.66. The third-order valence-corrected chi connectivity index (χ3v) is 3.24. The minimum Gasteiger partial charge on any atom is -0.379 e. The summed E-state index contributed by atoms with van der Waals surface area (Å²) in [6.45, 7) is 5.10. The SMILES string of the molecule is CCn1c(-c2nonc2N)nc2c1CC(C)C=C2. The van der Waals surface area contributed by atoms with E-state index >= 15 is 0 Å². The summed E-state index contributed by atoms with van der Waals surface area (Å²) >= 11 is 0. The van der Waals surface area contributed by atoms with E-state index in [4.69, 9.17) is 5.73 Å². The Morgan fingerprint density at radius 2 is 2.33 bits per heavy atom. The molecule has 1 atom stereocenters. The Labute approximate surface area is 104 Å². The van der Waals surface area contributed by atoms with E-state index in [2.05, 4.69) is 50.5 Å². The van der Waals surface area contributed by atoms with E-state index < -0.39 is 0 Å². The lowest BCUT2D eigenvalue weighted by Crippen LogP contribution is -2.09. The minimum atomic E-state index is 0.282. The smallest absolute Gasteiger partial charge is 0.199 e. The van der Waals surface area contributed by atoms with Crippen LogP contribution in [0, 0.1) is 5.92 Å². The number of fused-ring (bicyclic) bond motifs is 1. The molecule has 0 aromatic carbocycles. The number of nitrogen functional groups attached to an aromatic ring is 1. The number of aromatic nitrogens is 4. The molecule has 18 heavy (non-hydrogen) atoms. The molecule has 6 heteroatoms. The van der Waals surface area contributed by atoms with Crippen molar-refractivity contribution in [1.29, 1.82) is 0 Å². The first-order valence-corrected chi connectivity index (χ1v) is 6.06. The predicted octanol–water partition coefficient (Wildman–Crippen LogP) is 1.74. The van der Waals surface area contributed by atoms with Gasteiger partial charge in [-0.05, 0) is 35.7 Å². The minimum absolute atomic E-state index is 0.282. The van der Waals surface area contributed by atoms with Gasteiger partial charge < -0.3 is 10.3 Å². The number of imidazole rings is 1. The molecule has 94 valence electrons. The molecule has 2 N–H and O–H groups in total. The molecule has 6 nitrogen and oxygen atoms in total. The second kappa shape index (κ2) is 3.97. The number of nitrogens with zero attached hydrogens (tertiary/aromatic N) is 4. The van der Waals surface area contributed by atoms with Crippen molar-refractivity contribution < 1.29 is 4.63 Å². The van der Waals surface area contributed by atoms with Crippen molar-refractivity contribution in [2.24, 2.45) is 5.92 Å². The fourth-order valence-electron chi connectivity index (χ4n) is 2.35. The number of hydrogen-bond acceptors (Lipinski definition) is 5. The van der Waals surface area contributed by atoms with Crippen molar-refractivity contribution in [1.82, 2.24) is 19.9 Å². The standard InChI is InChI=1S/C12H15N5O/c1-3-17-9-6-7(2)4-5-8(9)14-12(17)10-11(13)16-18-15-10/h4-5,7H,3,6H2,1-2H3,(H2,13,16). The summed E-state index contributed by atoms with van der Waals surface area (Å²) in [7, 11) is 0. The Kier molecular flexibility index (Phi) is 2.43. The summed E-state index contributed by atoms with van der Waals surface area (Å²) in [6, 6.07) is 0. The van der Waals surface area contributed by atoms with Gasteiger partial charge in [-0.1, -0.05) is 13.0 Å². The highest BCUT2D eigenvalue weighted by Gasteiger charge is 2.23. The van der Waals surface area contributed by atoms with Gasteiger partial charge >= 0.3 is 0 Å². The number of hydrogen-bond donors (Lipinski definition) is 1. The molecule has 1 aliphatic rings. The maximum absolute atomic E-state index is 5.74. The van der Waals surface area contributed by atoms with Crippen LogP contribution in [-0.4, -0.2) is 19.9 Å². The van der Waals surface area contributed by atoms with Crippen molar-refractivity contribution in [2.75, 3.05) is 5.73 Å². The van der Waals surface area contributed by atoms with Crippen LogP contribution in [0.2, 0.25) is 0 Å². The van der Waals surface area contributed by atoms with Gasteiger partial charge in [0.15, 0.2) is 17.3 Å². The molecule has 0 saturated heterocycles. The van der Waals surface area contributed by atoms with E-state index in [9.17, 15) is 0 Å². The number of nitrogens with two attached hydrogens (primary N) is 1. The van der Waals surface area contributed by atoms with Crippen molar-refractivity contribution in [3.05, 3.63) is 17.5 Å². The fourth-order valence-corrected chi connectivity index (χ4v) is 2.35. The van der Waals surface area contributed by atoms with Gasteiger partial charge in [-0.3, -0.25) is 0 Å². The molecule has 2 aromatic rings.